The molecule has 1 rings (SSSR count). The van der Waals surface area contributed by atoms with Crippen LogP contribution in [0.1, 0.15) is 6.42 Å². The molecule has 0 amide bonds. The summed E-state index contributed by atoms with van der Waals surface area (Å²) in [6.45, 7) is 0. The second-order valence-corrected chi connectivity index (χ2v) is 4.03. The lowest BCUT2D eigenvalue weighted by molar-refractivity contribution is -0.208. The van der Waals surface area contributed by atoms with Gasteiger partial charge in [-0.15, -0.1) is 0 Å². The van der Waals surface area contributed by atoms with Crippen molar-refractivity contribution in [3.63, 3.8) is 0 Å². The van der Waals surface area contributed by atoms with Gasteiger partial charge in [-0.25, -0.2) is 0 Å². The van der Waals surface area contributed by atoms with E-state index < -0.39 is 35.7 Å². The fraction of sp³-hybridized carbons (Fsp3) is 0.714. The predicted octanol–water partition coefficient (Wildman–Crippen LogP) is 2.97. The van der Waals surface area contributed by atoms with Crippen LogP contribution in [0.25, 0.3) is 0 Å². The highest BCUT2D eigenvalue weighted by Crippen LogP contribution is 2.47. The Hall–Kier alpha value is -0.400. The van der Waals surface area contributed by atoms with Crippen LogP contribution in [-0.2, 0) is 4.79 Å². The molecule has 1 unspecified atom stereocenters. The lowest BCUT2D eigenvalue weighted by Gasteiger charge is -2.29. The average molecular weight is 251 g/mol. The summed E-state index contributed by atoms with van der Waals surface area (Å²) < 4.78 is 71.9. The van der Waals surface area contributed by atoms with E-state index in [4.69, 9.17) is 0 Å². The van der Waals surface area contributed by atoms with Crippen LogP contribution in [0.3, 0.4) is 0 Å². The Kier molecular flexibility index (Phi) is 3.27. The number of carbonyl (C=O) groups is 1. The summed E-state index contributed by atoms with van der Waals surface area (Å²) >= 11 is 0.745. The molecule has 1 nitrogen and oxygen atoms in total. The summed E-state index contributed by atoms with van der Waals surface area (Å²) in [6.07, 6.45) is -12.1. The van der Waals surface area contributed by atoms with Gasteiger partial charge >= 0.3 is 12.4 Å². The number of halogens is 6. The van der Waals surface area contributed by atoms with Crippen molar-refractivity contribution in [3.8, 4) is 0 Å². The topological polar surface area (TPSA) is 17.1 Å². The quantitative estimate of drug-likeness (QED) is 0.702. The summed E-state index contributed by atoms with van der Waals surface area (Å²) in [4.78, 5) is 10.6. The number of rotatable bonds is 2. The number of carbonyl (C=O) groups excluding carboxylic acids is 1. The van der Waals surface area contributed by atoms with Crippen LogP contribution >= 0.6 is 11.8 Å². The first-order valence-corrected chi connectivity index (χ1v) is 4.78. The van der Waals surface area contributed by atoms with Gasteiger partial charge in [-0.1, -0.05) is 11.8 Å². The van der Waals surface area contributed by atoms with Gasteiger partial charge in [0.1, 0.15) is 0 Å². The number of thioether (sulfide) groups is 1. The van der Waals surface area contributed by atoms with E-state index in [1.807, 2.05) is 0 Å². The molecular weight excluding hydrogens is 246 g/mol. The zero-order valence-electron chi connectivity index (χ0n) is 7.08. The fourth-order valence-corrected chi connectivity index (χ4v) is 1.79. The van der Waals surface area contributed by atoms with E-state index in [2.05, 4.69) is 0 Å². The molecule has 0 spiro atoms. The fourth-order valence-electron chi connectivity index (χ4n) is 1.05. The van der Waals surface area contributed by atoms with Crippen molar-refractivity contribution in [2.45, 2.75) is 18.8 Å². The largest absolute Gasteiger partial charge is 0.404 e. The van der Waals surface area contributed by atoms with Crippen LogP contribution in [0, 0.1) is 11.8 Å². The van der Waals surface area contributed by atoms with E-state index in [-0.39, 0.29) is 5.75 Å². The van der Waals surface area contributed by atoms with Gasteiger partial charge in [0.2, 0.25) is 0 Å². The van der Waals surface area contributed by atoms with Crippen molar-refractivity contribution in [2.24, 2.45) is 5.92 Å². The zero-order valence-corrected chi connectivity index (χ0v) is 7.89. The maximum Gasteiger partial charge on any atom is 0.404 e. The lowest BCUT2D eigenvalue weighted by atomic mass is 9.95. The third-order valence-corrected chi connectivity index (χ3v) is 3.08. The van der Waals surface area contributed by atoms with Gasteiger partial charge in [0.25, 0.3) is 0 Å². The minimum Gasteiger partial charge on any atom is -0.287 e. The smallest absolute Gasteiger partial charge is 0.287 e. The SMILES string of the molecule is O=C1SCC1C[C](C(F)(F)F)C(F)(F)F. The molecular formula is C7H5F6OS. The van der Waals surface area contributed by atoms with Crippen molar-refractivity contribution in [1.82, 2.24) is 0 Å². The van der Waals surface area contributed by atoms with Crippen LogP contribution in [0.4, 0.5) is 26.3 Å². The summed E-state index contributed by atoms with van der Waals surface area (Å²) in [6, 6.07) is 0. The molecule has 0 aromatic heterocycles. The molecule has 1 heterocycles. The van der Waals surface area contributed by atoms with Crippen molar-refractivity contribution in [3.05, 3.63) is 5.92 Å². The highest BCUT2D eigenvalue weighted by atomic mass is 32.2. The van der Waals surface area contributed by atoms with Gasteiger partial charge in [0.05, 0.1) is 0 Å². The van der Waals surface area contributed by atoms with E-state index in [0.29, 0.717) is 0 Å². The van der Waals surface area contributed by atoms with Crippen molar-refractivity contribution in [2.75, 3.05) is 5.75 Å². The summed E-state index contributed by atoms with van der Waals surface area (Å²) in [7, 11) is 0. The van der Waals surface area contributed by atoms with Crippen molar-refractivity contribution >= 4 is 16.9 Å². The van der Waals surface area contributed by atoms with Gasteiger partial charge in [-0.3, -0.25) is 4.79 Å². The highest BCUT2D eigenvalue weighted by molar-refractivity contribution is 8.15. The molecule has 1 aliphatic rings. The number of hydrogen-bond donors (Lipinski definition) is 0. The minimum atomic E-state index is -5.42. The molecule has 0 aliphatic carbocycles. The van der Waals surface area contributed by atoms with Crippen LogP contribution in [0.2, 0.25) is 0 Å². The molecule has 87 valence electrons. The molecule has 15 heavy (non-hydrogen) atoms. The molecule has 8 heteroatoms. The number of alkyl halides is 6. The molecule has 1 saturated heterocycles. The Morgan fingerprint density at radius 1 is 1.20 bits per heavy atom. The van der Waals surface area contributed by atoms with E-state index in [0.717, 1.165) is 11.8 Å². The molecule has 0 bridgehead atoms. The third-order valence-electron chi connectivity index (χ3n) is 1.89. The van der Waals surface area contributed by atoms with Gasteiger partial charge in [-0.2, -0.15) is 26.3 Å². The molecule has 1 fully saturated rings. The number of hydrogen-bond acceptors (Lipinski definition) is 2. The predicted molar refractivity (Wildman–Crippen MR) is 40.9 cm³/mol. The second-order valence-electron chi connectivity index (χ2n) is 3.01. The lowest BCUT2D eigenvalue weighted by Crippen LogP contribution is -2.39. The summed E-state index contributed by atoms with van der Waals surface area (Å²) in [5.41, 5.74) is 0. The molecule has 0 saturated carbocycles. The van der Waals surface area contributed by atoms with Gasteiger partial charge in [0, 0.05) is 11.7 Å². The molecule has 0 aromatic rings. The standard InChI is InChI=1S/C7H5F6OS/c8-6(9,10)4(7(11,12)13)1-3-2-15-5(3)14/h3H,1-2H2. The molecule has 1 aliphatic heterocycles. The van der Waals surface area contributed by atoms with Crippen LogP contribution in [0.15, 0.2) is 0 Å². The zero-order chi connectivity index (χ0) is 11.9. The van der Waals surface area contributed by atoms with Gasteiger partial charge in [0.15, 0.2) is 11.0 Å². The third kappa shape index (κ3) is 3.02. The van der Waals surface area contributed by atoms with Crippen LogP contribution in [0.5, 0.6) is 0 Å². The summed E-state index contributed by atoms with van der Waals surface area (Å²) in [5.74, 6) is -3.60. The normalized spacial score (nSPS) is 23.1. The van der Waals surface area contributed by atoms with Crippen molar-refractivity contribution < 1.29 is 31.1 Å². The van der Waals surface area contributed by atoms with Gasteiger partial charge in [-0.05, 0) is 6.42 Å². The first-order chi connectivity index (χ1) is 6.62. The monoisotopic (exact) mass is 251 g/mol. The second kappa shape index (κ2) is 3.88. The van der Waals surface area contributed by atoms with E-state index in [1.165, 1.54) is 0 Å². The van der Waals surface area contributed by atoms with E-state index >= 15 is 0 Å². The van der Waals surface area contributed by atoms with E-state index in [9.17, 15) is 31.1 Å². The Morgan fingerprint density at radius 2 is 1.67 bits per heavy atom. The summed E-state index contributed by atoms with van der Waals surface area (Å²) in [5, 5.41) is -0.610. The first kappa shape index (κ1) is 12.7. The Balaban J connectivity index is 2.70. The maximum absolute atomic E-state index is 12.0. The molecule has 0 N–H and O–H groups in total. The molecule has 0 aromatic carbocycles. The minimum absolute atomic E-state index is 0.0223. The Morgan fingerprint density at radius 3 is 1.87 bits per heavy atom. The van der Waals surface area contributed by atoms with Gasteiger partial charge < -0.3 is 0 Å². The Labute approximate surface area is 85.2 Å². The highest BCUT2D eigenvalue weighted by Gasteiger charge is 2.59. The Bertz CT molecular complexity index is 243. The molecule has 1 atom stereocenters. The maximum atomic E-state index is 12.0. The van der Waals surface area contributed by atoms with Crippen LogP contribution < -0.4 is 0 Å². The molecule has 1 radical (unpaired) electrons. The van der Waals surface area contributed by atoms with Crippen molar-refractivity contribution in [1.29, 1.82) is 0 Å². The first-order valence-electron chi connectivity index (χ1n) is 3.79. The average Bonchev–Trinajstić information content (AvgIpc) is 1.97. The van der Waals surface area contributed by atoms with Crippen LogP contribution in [-0.4, -0.2) is 23.2 Å². The van der Waals surface area contributed by atoms with E-state index in [1.54, 1.807) is 0 Å².